The molecule has 1 aromatic carbocycles. The molecular weight excluding hydrogens is 326 g/mol. The molecule has 1 amide bonds. The van der Waals surface area contributed by atoms with Gasteiger partial charge in [-0.05, 0) is 18.2 Å². The zero-order chi connectivity index (χ0) is 14.1. The van der Waals surface area contributed by atoms with E-state index in [2.05, 4.69) is 29.5 Å². The lowest BCUT2D eigenvalue weighted by atomic mass is 10.2. The Labute approximate surface area is 138 Å². The number of thiazole rings is 1. The second-order valence-electron chi connectivity index (χ2n) is 5.15. The molecular formula is C14H18ClN3OS2. The molecule has 0 spiro atoms. The monoisotopic (exact) mass is 343 g/mol. The molecule has 114 valence electrons. The number of halogens is 1. The van der Waals surface area contributed by atoms with Gasteiger partial charge in [0.15, 0.2) is 0 Å². The normalized spacial score (nSPS) is 18.0. The van der Waals surface area contributed by atoms with Gasteiger partial charge in [-0.1, -0.05) is 13.8 Å². The highest BCUT2D eigenvalue weighted by molar-refractivity contribution is 7.99. The average Bonchev–Trinajstić information content (AvgIpc) is 3.07. The lowest BCUT2D eigenvalue weighted by Gasteiger charge is -2.10. The van der Waals surface area contributed by atoms with E-state index in [0.29, 0.717) is 5.92 Å². The third-order valence-corrected chi connectivity index (χ3v) is 5.46. The Hall–Kier alpha value is -0.820. The van der Waals surface area contributed by atoms with Gasteiger partial charge >= 0.3 is 0 Å². The molecule has 7 heteroatoms. The number of nitrogens with one attached hydrogen (secondary N) is 2. The molecule has 0 radical (unpaired) electrons. The average molecular weight is 344 g/mol. The topological polar surface area (TPSA) is 54.0 Å². The van der Waals surface area contributed by atoms with Crippen molar-refractivity contribution < 1.29 is 4.79 Å². The van der Waals surface area contributed by atoms with Crippen molar-refractivity contribution in [1.29, 1.82) is 0 Å². The Balaban J connectivity index is 0.00000161. The molecule has 0 saturated carbocycles. The van der Waals surface area contributed by atoms with Gasteiger partial charge in [0, 0.05) is 23.2 Å². The summed E-state index contributed by atoms with van der Waals surface area (Å²) < 4.78 is 1.13. The molecule has 4 nitrogen and oxygen atoms in total. The molecule has 1 aromatic heterocycles. The van der Waals surface area contributed by atoms with Crippen molar-refractivity contribution in [2.75, 3.05) is 16.9 Å². The van der Waals surface area contributed by atoms with E-state index in [0.717, 1.165) is 32.5 Å². The Morgan fingerprint density at radius 3 is 2.95 bits per heavy atom. The highest BCUT2D eigenvalue weighted by Crippen LogP contribution is 2.29. The molecule has 21 heavy (non-hydrogen) atoms. The van der Waals surface area contributed by atoms with E-state index in [9.17, 15) is 4.79 Å². The van der Waals surface area contributed by atoms with Gasteiger partial charge in [-0.2, -0.15) is 0 Å². The number of thioether (sulfide) groups is 1. The summed E-state index contributed by atoms with van der Waals surface area (Å²) >= 11 is 3.45. The SMILES string of the molecule is CC(C)c1nc2ccc(NC(=O)C3CSCN3)cc2s1.Cl. The number of carbonyl (C=O) groups is 1. The second kappa shape index (κ2) is 6.96. The maximum Gasteiger partial charge on any atom is 0.242 e. The molecule has 0 bridgehead atoms. The third kappa shape index (κ3) is 3.69. The molecule has 2 aromatic rings. The Kier molecular flexibility index (Phi) is 5.48. The van der Waals surface area contributed by atoms with Crippen molar-refractivity contribution in [3.05, 3.63) is 23.2 Å². The van der Waals surface area contributed by atoms with Crippen molar-refractivity contribution in [3.8, 4) is 0 Å². The Morgan fingerprint density at radius 1 is 1.48 bits per heavy atom. The smallest absolute Gasteiger partial charge is 0.242 e. The third-order valence-electron chi connectivity index (χ3n) is 3.20. The summed E-state index contributed by atoms with van der Waals surface area (Å²) in [4.78, 5) is 16.7. The fraction of sp³-hybridized carbons (Fsp3) is 0.429. The highest BCUT2D eigenvalue weighted by Gasteiger charge is 2.22. The summed E-state index contributed by atoms with van der Waals surface area (Å²) in [5.41, 5.74) is 1.85. The van der Waals surface area contributed by atoms with E-state index in [1.54, 1.807) is 23.1 Å². The van der Waals surface area contributed by atoms with E-state index in [1.807, 2.05) is 18.2 Å². The Bertz CT molecular complexity index is 638. The zero-order valence-corrected chi connectivity index (χ0v) is 14.3. The number of fused-ring (bicyclic) bond motifs is 1. The first kappa shape index (κ1) is 16.5. The van der Waals surface area contributed by atoms with Gasteiger partial charge < -0.3 is 5.32 Å². The van der Waals surface area contributed by atoms with E-state index in [4.69, 9.17) is 0 Å². The Morgan fingerprint density at radius 2 is 2.29 bits per heavy atom. The number of rotatable bonds is 3. The van der Waals surface area contributed by atoms with Gasteiger partial charge in [0.25, 0.3) is 0 Å². The van der Waals surface area contributed by atoms with Crippen LogP contribution in [0.4, 0.5) is 5.69 Å². The minimum absolute atomic E-state index is 0. The number of benzene rings is 1. The van der Waals surface area contributed by atoms with Crippen molar-refractivity contribution in [3.63, 3.8) is 0 Å². The molecule has 1 atom stereocenters. The molecule has 1 aliphatic rings. The zero-order valence-electron chi connectivity index (χ0n) is 11.9. The van der Waals surface area contributed by atoms with Crippen LogP contribution in [0.25, 0.3) is 10.2 Å². The summed E-state index contributed by atoms with van der Waals surface area (Å²) in [7, 11) is 0. The van der Waals surface area contributed by atoms with Crippen LogP contribution in [-0.2, 0) is 4.79 Å². The summed E-state index contributed by atoms with van der Waals surface area (Å²) in [6.45, 7) is 4.29. The van der Waals surface area contributed by atoms with Gasteiger partial charge in [-0.25, -0.2) is 4.98 Å². The van der Waals surface area contributed by atoms with Crippen LogP contribution < -0.4 is 10.6 Å². The van der Waals surface area contributed by atoms with Crippen LogP contribution in [0.2, 0.25) is 0 Å². The fourth-order valence-corrected chi connectivity index (χ4v) is 4.01. The summed E-state index contributed by atoms with van der Waals surface area (Å²) in [6, 6.07) is 5.83. The number of amides is 1. The predicted molar refractivity (Wildman–Crippen MR) is 93.8 cm³/mol. The second-order valence-corrected chi connectivity index (χ2v) is 7.24. The van der Waals surface area contributed by atoms with Gasteiger partial charge in [0.05, 0.1) is 21.3 Å². The van der Waals surface area contributed by atoms with E-state index in [-0.39, 0.29) is 24.4 Å². The number of aromatic nitrogens is 1. The predicted octanol–water partition coefficient (Wildman–Crippen LogP) is 3.44. The molecule has 2 heterocycles. The van der Waals surface area contributed by atoms with Crippen molar-refractivity contribution in [2.24, 2.45) is 0 Å². The molecule has 1 aliphatic heterocycles. The first-order valence-electron chi connectivity index (χ1n) is 6.66. The maximum atomic E-state index is 12.1. The number of carbonyl (C=O) groups excluding carboxylic acids is 1. The number of nitrogens with zero attached hydrogens (tertiary/aromatic N) is 1. The van der Waals surface area contributed by atoms with E-state index in [1.165, 1.54) is 0 Å². The van der Waals surface area contributed by atoms with Crippen LogP contribution in [0, 0.1) is 0 Å². The highest BCUT2D eigenvalue weighted by atomic mass is 35.5. The van der Waals surface area contributed by atoms with Crippen LogP contribution in [0.1, 0.15) is 24.8 Å². The fourth-order valence-electron chi connectivity index (χ4n) is 2.06. The lowest BCUT2D eigenvalue weighted by Crippen LogP contribution is -2.37. The van der Waals surface area contributed by atoms with Gasteiger partial charge in [-0.15, -0.1) is 35.5 Å². The van der Waals surface area contributed by atoms with Crippen molar-refractivity contribution in [1.82, 2.24) is 10.3 Å². The van der Waals surface area contributed by atoms with E-state index < -0.39 is 0 Å². The van der Waals surface area contributed by atoms with Crippen molar-refractivity contribution >= 4 is 57.3 Å². The first-order chi connectivity index (χ1) is 9.63. The minimum Gasteiger partial charge on any atom is -0.325 e. The standard InChI is InChI=1S/C14H17N3OS2.ClH/c1-8(2)14-17-10-4-3-9(5-12(10)20-14)16-13(18)11-6-19-7-15-11;/h3-5,8,11,15H,6-7H2,1-2H3,(H,16,18);1H. The quantitative estimate of drug-likeness (QED) is 0.896. The largest absolute Gasteiger partial charge is 0.325 e. The summed E-state index contributed by atoms with van der Waals surface area (Å²) in [5.74, 6) is 2.17. The van der Waals surface area contributed by atoms with Gasteiger partial charge in [-0.3, -0.25) is 10.1 Å². The molecule has 2 N–H and O–H groups in total. The summed E-state index contributed by atoms with van der Waals surface area (Å²) in [6.07, 6.45) is 0. The van der Waals surface area contributed by atoms with Gasteiger partial charge in [0.1, 0.15) is 0 Å². The molecule has 1 fully saturated rings. The number of anilines is 1. The maximum absolute atomic E-state index is 12.1. The number of hydrogen-bond donors (Lipinski definition) is 2. The molecule has 1 unspecified atom stereocenters. The molecule has 3 rings (SSSR count). The first-order valence-corrected chi connectivity index (χ1v) is 8.63. The summed E-state index contributed by atoms with van der Waals surface area (Å²) in [5, 5.41) is 7.29. The van der Waals surface area contributed by atoms with Crippen LogP contribution in [0.5, 0.6) is 0 Å². The van der Waals surface area contributed by atoms with E-state index >= 15 is 0 Å². The van der Waals surface area contributed by atoms with Crippen LogP contribution in [0.15, 0.2) is 18.2 Å². The lowest BCUT2D eigenvalue weighted by molar-refractivity contribution is -0.117. The minimum atomic E-state index is -0.0802. The van der Waals surface area contributed by atoms with Crippen LogP contribution in [-0.4, -0.2) is 28.6 Å². The van der Waals surface area contributed by atoms with Crippen molar-refractivity contribution in [2.45, 2.75) is 25.8 Å². The molecule has 1 saturated heterocycles. The molecule has 0 aliphatic carbocycles. The number of hydrogen-bond acceptors (Lipinski definition) is 5. The van der Waals surface area contributed by atoms with Crippen LogP contribution >= 0.6 is 35.5 Å². The van der Waals surface area contributed by atoms with Crippen LogP contribution in [0.3, 0.4) is 0 Å². The van der Waals surface area contributed by atoms with Gasteiger partial charge in [0.2, 0.25) is 5.91 Å².